The Morgan fingerprint density at radius 1 is 1.36 bits per heavy atom. The number of nitrogens with zero attached hydrogens (tertiary/aromatic N) is 1. The highest BCUT2D eigenvalue weighted by molar-refractivity contribution is 6.28. The molecule has 11 heavy (non-hydrogen) atoms. The predicted molar refractivity (Wildman–Crippen MR) is 47.6 cm³/mol. The first kappa shape index (κ1) is 9.59. The molecule has 66 valence electrons. The Labute approximate surface area is 77.4 Å². The number of hydrogen-bond donors (Lipinski definition) is 0. The second-order valence-electron chi connectivity index (χ2n) is 2.66. The third kappa shape index (κ3) is 3.61. The van der Waals surface area contributed by atoms with Crippen LogP contribution in [0.4, 0.5) is 0 Å². The highest BCUT2D eigenvalue weighted by atomic mass is 35.5. The molecular formula is C7H13Cl2NO. The van der Waals surface area contributed by atoms with Gasteiger partial charge >= 0.3 is 0 Å². The van der Waals surface area contributed by atoms with E-state index in [1.54, 1.807) is 0 Å². The van der Waals surface area contributed by atoms with Gasteiger partial charge in [-0.25, -0.2) is 0 Å². The molecule has 0 amide bonds. The lowest BCUT2D eigenvalue weighted by Crippen LogP contribution is -2.40. The highest BCUT2D eigenvalue weighted by Gasteiger charge is 2.13. The lowest BCUT2D eigenvalue weighted by molar-refractivity contribution is 0.0385. The fourth-order valence-electron chi connectivity index (χ4n) is 1.11. The number of hydrogen-bond acceptors (Lipinski definition) is 2. The molecule has 0 radical (unpaired) electrons. The average molecular weight is 198 g/mol. The smallest absolute Gasteiger partial charge is 0.0598 e. The summed E-state index contributed by atoms with van der Waals surface area (Å²) in [7, 11) is 0. The van der Waals surface area contributed by atoms with Crippen molar-refractivity contribution in [2.45, 2.75) is 5.38 Å². The third-order valence-corrected chi connectivity index (χ3v) is 2.55. The van der Waals surface area contributed by atoms with Crippen molar-refractivity contribution in [3.63, 3.8) is 0 Å². The van der Waals surface area contributed by atoms with E-state index in [0.29, 0.717) is 5.88 Å². The van der Waals surface area contributed by atoms with Crippen molar-refractivity contribution in [2.24, 2.45) is 0 Å². The Morgan fingerprint density at radius 2 is 2.00 bits per heavy atom. The van der Waals surface area contributed by atoms with Gasteiger partial charge in [0.2, 0.25) is 0 Å². The number of halogens is 2. The van der Waals surface area contributed by atoms with Crippen LogP contribution in [0, 0.1) is 0 Å². The highest BCUT2D eigenvalue weighted by Crippen LogP contribution is 2.04. The number of alkyl halides is 2. The molecule has 0 spiro atoms. The Bertz CT molecular complexity index is 107. The zero-order valence-corrected chi connectivity index (χ0v) is 7.94. The van der Waals surface area contributed by atoms with Crippen LogP contribution in [0.5, 0.6) is 0 Å². The molecule has 1 aliphatic heterocycles. The van der Waals surface area contributed by atoms with Crippen molar-refractivity contribution in [2.75, 3.05) is 38.7 Å². The molecule has 0 aromatic carbocycles. The van der Waals surface area contributed by atoms with Crippen molar-refractivity contribution >= 4 is 23.2 Å². The predicted octanol–water partition coefficient (Wildman–Crippen LogP) is 1.16. The van der Waals surface area contributed by atoms with E-state index < -0.39 is 0 Å². The molecule has 0 bridgehead atoms. The van der Waals surface area contributed by atoms with Crippen LogP contribution in [0.15, 0.2) is 0 Å². The molecule has 1 unspecified atom stereocenters. The minimum atomic E-state index is 0.0785. The quantitative estimate of drug-likeness (QED) is 0.631. The lowest BCUT2D eigenvalue weighted by Gasteiger charge is -2.27. The van der Waals surface area contributed by atoms with Crippen molar-refractivity contribution in [1.29, 1.82) is 0 Å². The molecule has 0 N–H and O–H groups in total. The van der Waals surface area contributed by atoms with Gasteiger partial charge in [0.25, 0.3) is 0 Å². The molecule has 1 heterocycles. The number of rotatable bonds is 3. The zero-order chi connectivity index (χ0) is 8.10. The van der Waals surface area contributed by atoms with Gasteiger partial charge in [0.15, 0.2) is 0 Å². The van der Waals surface area contributed by atoms with Crippen LogP contribution in [-0.2, 0) is 4.74 Å². The molecule has 4 heteroatoms. The van der Waals surface area contributed by atoms with Gasteiger partial charge in [0.1, 0.15) is 0 Å². The first-order valence-corrected chi connectivity index (χ1v) is 4.80. The van der Waals surface area contributed by atoms with Gasteiger partial charge in [-0.3, -0.25) is 4.90 Å². The van der Waals surface area contributed by atoms with Crippen molar-refractivity contribution in [3.05, 3.63) is 0 Å². The summed E-state index contributed by atoms with van der Waals surface area (Å²) in [5, 5.41) is 0.0785. The molecule has 0 aromatic rings. The summed E-state index contributed by atoms with van der Waals surface area (Å²) in [6.45, 7) is 4.51. The van der Waals surface area contributed by atoms with E-state index in [-0.39, 0.29) is 5.38 Å². The SMILES string of the molecule is ClCC(Cl)CN1CCOCC1. The molecule has 0 saturated carbocycles. The molecule has 1 fully saturated rings. The first-order valence-electron chi connectivity index (χ1n) is 3.83. The van der Waals surface area contributed by atoms with Crippen molar-refractivity contribution < 1.29 is 4.74 Å². The normalized spacial score (nSPS) is 23.5. The summed E-state index contributed by atoms with van der Waals surface area (Å²) in [5.74, 6) is 0.527. The minimum absolute atomic E-state index is 0.0785. The van der Waals surface area contributed by atoms with E-state index in [1.165, 1.54) is 0 Å². The van der Waals surface area contributed by atoms with E-state index in [9.17, 15) is 0 Å². The fraction of sp³-hybridized carbons (Fsp3) is 1.00. The summed E-state index contributed by atoms with van der Waals surface area (Å²) in [4.78, 5) is 2.28. The van der Waals surface area contributed by atoms with Gasteiger partial charge in [-0.1, -0.05) is 0 Å². The summed E-state index contributed by atoms with van der Waals surface area (Å²) in [6.07, 6.45) is 0. The zero-order valence-electron chi connectivity index (χ0n) is 6.43. The molecule has 1 aliphatic rings. The topological polar surface area (TPSA) is 12.5 Å². The van der Waals surface area contributed by atoms with E-state index in [2.05, 4.69) is 4.90 Å². The van der Waals surface area contributed by atoms with Gasteiger partial charge < -0.3 is 4.74 Å². The maximum atomic E-state index is 5.88. The molecule has 1 saturated heterocycles. The fourth-order valence-corrected chi connectivity index (χ4v) is 1.41. The molecule has 1 atom stereocenters. The number of ether oxygens (including phenoxy) is 1. The van der Waals surface area contributed by atoms with Crippen LogP contribution in [0.2, 0.25) is 0 Å². The van der Waals surface area contributed by atoms with Gasteiger partial charge in [0, 0.05) is 25.5 Å². The van der Waals surface area contributed by atoms with Crippen LogP contribution >= 0.6 is 23.2 Å². The summed E-state index contributed by atoms with van der Waals surface area (Å²) in [6, 6.07) is 0. The van der Waals surface area contributed by atoms with E-state index in [4.69, 9.17) is 27.9 Å². The van der Waals surface area contributed by atoms with Gasteiger partial charge in [-0.05, 0) is 0 Å². The summed E-state index contributed by atoms with van der Waals surface area (Å²) in [5.41, 5.74) is 0. The molecule has 0 aliphatic carbocycles. The van der Waals surface area contributed by atoms with Crippen molar-refractivity contribution in [1.82, 2.24) is 4.90 Å². The van der Waals surface area contributed by atoms with Crippen LogP contribution in [0.1, 0.15) is 0 Å². The second kappa shape index (κ2) is 5.20. The third-order valence-electron chi connectivity index (χ3n) is 1.73. The standard InChI is InChI=1S/C7H13Cl2NO/c8-5-7(9)6-10-1-3-11-4-2-10/h7H,1-6H2. The molecule has 0 aromatic heterocycles. The summed E-state index contributed by atoms with van der Waals surface area (Å²) < 4.78 is 5.20. The first-order chi connectivity index (χ1) is 5.33. The Hall–Kier alpha value is 0.500. The second-order valence-corrected chi connectivity index (χ2v) is 3.59. The Morgan fingerprint density at radius 3 is 2.55 bits per heavy atom. The molecular weight excluding hydrogens is 185 g/mol. The minimum Gasteiger partial charge on any atom is -0.379 e. The molecule has 2 nitrogen and oxygen atoms in total. The lowest BCUT2D eigenvalue weighted by atomic mass is 10.3. The average Bonchev–Trinajstić information content (AvgIpc) is 2.06. The molecule has 1 rings (SSSR count). The Kier molecular flexibility index (Phi) is 4.53. The van der Waals surface area contributed by atoms with Crippen molar-refractivity contribution in [3.8, 4) is 0 Å². The largest absolute Gasteiger partial charge is 0.379 e. The maximum Gasteiger partial charge on any atom is 0.0598 e. The van der Waals surface area contributed by atoms with Crippen LogP contribution in [-0.4, -0.2) is 49.0 Å². The maximum absolute atomic E-state index is 5.88. The van der Waals surface area contributed by atoms with Gasteiger partial charge in [0.05, 0.1) is 18.6 Å². The van der Waals surface area contributed by atoms with Crippen LogP contribution < -0.4 is 0 Å². The van der Waals surface area contributed by atoms with Gasteiger partial charge in [-0.2, -0.15) is 0 Å². The monoisotopic (exact) mass is 197 g/mol. The number of morpholine rings is 1. The van der Waals surface area contributed by atoms with Gasteiger partial charge in [-0.15, -0.1) is 23.2 Å². The van der Waals surface area contributed by atoms with Crippen LogP contribution in [0.3, 0.4) is 0 Å². The summed E-state index contributed by atoms with van der Waals surface area (Å²) >= 11 is 11.5. The van der Waals surface area contributed by atoms with E-state index in [1.807, 2.05) is 0 Å². The van der Waals surface area contributed by atoms with Crippen LogP contribution in [0.25, 0.3) is 0 Å². The Balaban J connectivity index is 2.13. The van der Waals surface area contributed by atoms with E-state index in [0.717, 1.165) is 32.8 Å². The van der Waals surface area contributed by atoms with E-state index >= 15 is 0 Å².